The van der Waals surface area contributed by atoms with E-state index in [1.54, 1.807) is 30.4 Å². The van der Waals surface area contributed by atoms with Gasteiger partial charge in [-0.15, -0.1) is 0 Å². The van der Waals surface area contributed by atoms with Gasteiger partial charge in [0.25, 0.3) is 5.91 Å². The van der Waals surface area contributed by atoms with Crippen molar-refractivity contribution >= 4 is 11.7 Å². The molecule has 0 saturated carbocycles. The van der Waals surface area contributed by atoms with Crippen LogP contribution in [0.4, 0.5) is 5.82 Å². The van der Waals surface area contributed by atoms with Crippen molar-refractivity contribution in [3.05, 3.63) is 53.5 Å². The minimum atomic E-state index is -0.0151. The zero-order valence-electron chi connectivity index (χ0n) is 12.9. The third kappa shape index (κ3) is 2.66. The van der Waals surface area contributed by atoms with Crippen LogP contribution in [0.2, 0.25) is 0 Å². The summed E-state index contributed by atoms with van der Waals surface area (Å²) in [6.07, 6.45) is 6.50. The number of anilines is 1. The molecule has 0 fully saturated rings. The van der Waals surface area contributed by atoms with Crippen LogP contribution in [0.15, 0.2) is 36.7 Å². The molecule has 2 aromatic rings. The van der Waals surface area contributed by atoms with Crippen LogP contribution < -0.4 is 5.32 Å². The minimum absolute atomic E-state index is 0.0151. The maximum Gasteiger partial charge on any atom is 0.255 e. The molecule has 5 nitrogen and oxygen atoms in total. The smallest absolute Gasteiger partial charge is 0.255 e. The fraction of sp³-hybridized carbons (Fsp3) is 0.353. The van der Waals surface area contributed by atoms with Crippen LogP contribution in [0, 0.1) is 0 Å². The molecule has 1 N–H and O–H groups in total. The van der Waals surface area contributed by atoms with Gasteiger partial charge in [-0.25, -0.2) is 4.98 Å². The van der Waals surface area contributed by atoms with E-state index in [1.807, 2.05) is 19.2 Å². The van der Waals surface area contributed by atoms with E-state index < -0.39 is 0 Å². The van der Waals surface area contributed by atoms with Crippen LogP contribution in [0.1, 0.15) is 40.5 Å². The van der Waals surface area contributed by atoms with Crippen molar-refractivity contribution in [1.82, 2.24) is 14.9 Å². The molecule has 1 amide bonds. The molecule has 0 radical (unpaired) electrons. The number of amides is 1. The first-order valence-electron chi connectivity index (χ1n) is 7.55. The van der Waals surface area contributed by atoms with Gasteiger partial charge < -0.3 is 10.2 Å². The first kappa shape index (κ1) is 14.5. The van der Waals surface area contributed by atoms with Gasteiger partial charge in [-0.3, -0.25) is 9.78 Å². The first-order chi connectivity index (χ1) is 10.7. The number of nitrogens with one attached hydrogen (secondary N) is 1. The molecule has 2 aromatic heterocycles. The number of aromatic nitrogens is 2. The Hall–Kier alpha value is -2.43. The maximum atomic E-state index is 12.7. The second kappa shape index (κ2) is 6.13. The highest BCUT2D eigenvalue weighted by molar-refractivity contribution is 5.94. The Labute approximate surface area is 130 Å². The van der Waals surface area contributed by atoms with Gasteiger partial charge in [0.2, 0.25) is 0 Å². The van der Waals surface area contributed by atoms with Gasteiger partial charge in [0.05, 0.1) is 17.3 Å². The molecule has 0 saturated heterocycles. The van der Waals surface area contributed by atoms with E-state index in [1.165, 1.54) is 5.56 Å². The predicted octanol–water partition coefficient (Wildman–Crippen LogP) is 2.67. The average molecular weight is 296 g/mol. The molecule has 3 rings (SSSR count). The third-order valence-electron chi connectivity index (χ3n) is 4.22. The molecule has 2 heterocycles. The summed E-state index contributed by atoms with van der Waals surface area (Å²) in [7, 11) is 3.66. The van der Waals surface area contributed by atoms with Gasteiger partial charge in [0, 0.05) is 26.5 Å². The summed E-state index contributed by atoms with van der Waals surface area (Å²) in [6.45, 7) is 0. The predicted molar refractivity (Wildman–Crippen MR) is 85.8 cm³/mol. The normalized spacial score (nSPS) is 16.7. The lowest BCUT2D eigenvalue weighted by atomic mass is 9.91. The van der Waals surface area contributed by atoms with Gasteiger partial charge in [-0.1, -0.05) is 6.07 Å². The van der Waals surface area contributed by atoms with E-state index in [0.29, 0.717) is 5.56 Å². The van der Waals surface area contributed by atoms with Crippen molar-refractivity contribution in [2.75, 3.05) is 19.4 Å². The van der Waals surface area contributed by atoms with Crippen molar-refractivity contribution in [2.45, 2.75) is 25.3 Å². The van der Waals surface area contributed by atoms with Gasteiger partial charge in [-0.2, -0.15) is 0 Å². The van der Waals surface area contributed by atoms with E-state index in [4.69, 9.17) is 0 Å². The van der Waals surface area contributed by atoms with E-state index in [0.717, 1.165) is 30.8 Å². The van der Waals surface area contributed by atoms with Crippen LogP contribution in [-0.4, -0.2) is 34.9 Å². The molecular weight excluding hydrogens is 276 g/mol. The molecule has 0 bridgehead atoms. The zero-order chi connectivity index (χ0) is 15.5. The highest BCUT2D eigenvalue weighted by atomic mass is 16.2. The van der Waals surface area contributed by atoms with Crippen LogP contribution in [0.25, 0.3) is 0 Å². The van der Waals surface area contributed by atoms with Crippen LogP contribution in [0.5, 0.6) is 0 Å². The Bertz CT molecular complexity index is 669. The molecule has 0 spiro atoms. The van der Waals surface area contributed by atoms with E-state index in [-0.39, 0.29) is 11.9 Å². The molecular formula is C17H20N4O. The molecule has 1 atom stereocenters. The standard InChI is InChI=1S/C17H20N4O/c1-18-15-9-8-13(11-20-15)17(22)21(2)14-7-3-5-12-6-4-10-19-16(12)14/h4,6,8-11,14H,3,5,7H2,1-2H3,(H,18,20). The van der Waals surface area contributed by atoms with Crippen molar-refractivity contribution in [1.29, 1.82) is 0 Å². The fourth-order valence-corrected chi connectivity index (χ4v) is 2.98. The van der Waals surface area contributed by atoms with Gasteiger partial charge in [0.15, 0.2) is 0 Å². The van der Waals surface area contributed by atoms with Crippen LogP contribution in [-0.2, 0) is 6.42 Å². The molecule has 1 aliphatic rings. The number of aryl methyl sites for hydroxylation is 1. The van der Waals surface area contributed by atoms with Gasteiger partial charge in [0.1, 0.15) is 5.82 Å². The lowest BCUT2D eigenvalue weighted by Crippen LogP contribution is -2.34. The Balaban J connectivity index is 1.84. The van der Waals surface area contributed by atoms with Crippen LogP contribution >= 0.6 is 0 Å². The van der Waals surface area contributed by atoms with E-state index in [2.05, 4.69) is 21.4 Å². The monoisotopic (exact) mass is 296 g/mol. The Morgan fingerprint density at radius 3 is 2.91 bits per heavy atom. The molecule has 5 heteroatoms. The molecule has 114 valence electrons. The van der Waals surface area contributed by atoms with Crippen molar-refractivity contribution in [3.8, 4) is 0 Å². The molecule has 0 aromatic carbocycles. The second-order valence-corrected chi connectivity index (χ2v) is 5.55. The first-order valence-corrected chi connectivity index (χ1v) is 7.55. The lowest BCUT2D eigenvalue weighted by Gasteiger charge is -2.32. The van der Waals surface area contributed by atoms with E-state index >= 15 is 0 Å². The zero-order valence-corrected chi connectivity index (χ0v) is 12.9. The van der Waals surface area contributed by atoms with Crippen molar-refractivity contribution < 1.29 is 4.79 Å². The minimum Gasteiger partial charge on any atom is -0.373 e. The van der Waals surface area contributed by atoms with Crippen molar-refractivity contribution in [3.63, 3.8) is 0 Å². The average Bonchev–Trinajstić information content (AvgIpc) is 2.60. The summed E-state index contributed by atoms with van der Waals surface area (Å²) in [5.41, 5.74) is 2.89. The largest absolute Gasteiger partial charge is 0.373 e. The molecule has 22 heavy (non-hydrogen) atoms. The number of pyridine rings is 2. The lowest BCUT2D eigenvalue weighted by molar-refractivity contribution is 0.0710. The highest BCUT2D eigenvalue weighted by Gasteiger charge is 2.28. The Morgan fingerprint density at radius 1 is 1.32 bits per heavy atom. The van der Waals surface area contributed by atoms with Crippen molar-refractivity contribution in [2.24, 2.45) is 0 Å². The highest BCUT2D eigenvalue weighted by Crippen LogP contribution is 2.32. The van der Waals surface area contributed by atoms with Gasteiger partial charge in [-0.05, 0) is 43.0 Å². The summed E-state index contributed by atoms with van der Waals surface area (Å²) < 4.78 is 0. The summed E-state index contributed by atoms with van der Waals surface area (Å²) in [5.74, 6) is 0.738. The molecule has 1 unspecified atom stereocenters. The maximum absolute atomic E-state index is 12.7. The number of hydrogen-bond acceptors (Lipinski definition) is 4. The number of fused-ring (bicyclic) bond motifs is 1. The second-order valence-electron chi connectivity index (χ2n) is 5.55. The number of carbonyl (C=O) groups excluding carboxylic acids is 1. The van der Waals surface area contributed by atoms with Gasteiger partial charge >= 0.3 is 0 Å². The molecule has 0 aliphatic heterocycles. The quantitative estimate of drug-likeness (QED) is 0.946. The number of hydrogen-bond donors (Lipinski definition) is 1. The van der Waals surface area contributed by atoms with Crippen LogP contribution in [0.3, 0.4) is 0 Å². The summed E-state index contributed by atoms with van der Waals surface area (Å²) in [4.78, 5) is 23.2. The fourth-order valence-electron chi connectivity index (χ4n) is 2.98. The Kier molecular flexibility index (Phi) is 4.04. The van der Waals surface area contributed by atoms with E-state index in [9.17, 15) is 4.79 Å². The third-order valence-corrected chi connectivity index (χ3v) is 4.22. The SMILES string of the molecule is CNc1ccc(C(=O)N(C)C2CCCc3cccnc32)cn1. The number of rotatable bonds is 3. The molecule has 1 aliphatic carbocycles. The number of nitrogens with zero attached hydrogens (tertiary/aromatic N) is 3. The Morgan fingerprint density at radius 2 is 2.18 bits per heavy atom. The summed E-state index contributed by atoms with van der Waals surface area (Å²) >= 11 is 0. The summed E-state index contributed by atoms with van der Waals surface area (Å²) in [6, 6.07) is 7.73. The summed E-state index contributed by atoms with van der Waals surface area (Å²) in [5, 5.41) is 2.95. The number of carbonyl (C=O) groups is 1. The topological polar surface area (TPSA) is 58.1 Å².